The number of nitrogens with one attached hydrogen (secondary N) is 2. The molecule has 0 aromatic carbocycles. The number of ether oxygens (including phenoxy) is 1. The van der Waals surface area contributed by atoms with Crippen molar-refractivity contribution in [2.45, 2.75) is 50.9 Å². The van der Waals surface area contributed by atoms with Crippen molar-refractivity contribution in [3.05, 3.63) is 0 Å². The summed E-state index contributed by atoms with van der Waals surface area (Å²) in [5.41, 5.74) is 0. The molecular weight excluding hydrogens is 423 g/mol. The molecule has 0 amide bonds. The number of hydrogen-bond acceptors (Lipinski definition) is 4. The molecule has 3 atom stereocenters. The van der Waals surface area contributed by atoms with E-state index in [9.17, 15) is 0 Å². The molecule has 2 saturated heterocycles. The lowest BCUT2D eigenvalue weighted by Gasteiger charge is -2.37. The van der Waals surface area contributed by atoms with Gasteiger partial charge in [-0.1, -0.05) is 0 Å². The van der Waals surface area contributed by atoms with Crippen LogP contribution in [0.2, 0.25) is 0 Å². The highest BCUT2D eigenvalue weighted by Crippen LogP contribution is 2.25. The topological polar surface area (TPSA) is 48.9 Å². The van der Waals surface area contributed by atoms with E-state index in [1.54, 1.807) is 0 Å². The van der Waals surface area contributed by atoms with Gasteiger partial charge in [0.2, 0.25) is 0 Å². The van der Waals surface area contributed by atoms with E-state index in [1.807, 2.05) is 0 Å². The minimum atomic E-state index is 0. The van der Waals surface area contributed by atoms with Crippen molar-refractivity contribution in [1.29, 1.82) is 0 Å². The molecule has 3 unspecified atom stereocenters. The van der Waals surface area contributed by atoms with Crippen molar-refractivity contribution in [2.24, 2.45) is 4.99 Å². The highest BCUT2D eigenvalue weighted by atomic mass is 127. The molecular formula is C16H33IN4OS. The van der Waals surface area contributed by atoms with Gasteiger partial charge in [-0.2, -0.15) is 11.8 Å². The minimum Gasteiger partial charge on any atom is -0.379 e. The quantitative estimate of drug-likeness (QED) is 0.365. The van der Waals surface area contributed by atoms with E-state index in [0.717, 1.165) is 50.6 Å². The Labute approximate surface area is 162 Å². The summed E-state index contributed by atoms with van der Waals surface area (Å²) in [6.45, 7) is 12.1. The smallest absolute Gasteiger partial charge is 0.191 e. The summed E-state index contributed by atoms with van der Waals surface area (Å²) in [6.07, 6.45) is 2.69. The van der Waals surface area contributed by atoms with Gasteiger partial charge in [-0.05, 0) is 39.4 Å². The van der Waals surface area contributed by atoms with Crippen molar-refractivity contribution in [3.63, 3.8) is 0 Å². The van der Waals surface area contributed by atoms with Gasteiger partial charge in [0, 0.05) is 37.0 Å². The number of morpholine rings is 1. The summed E-state index contributed by atoms with van der Waals surface area (Å²) < 4.78 is 5.52. The standard InChI is InChI=1S/C16H32N4OS.HI/c1-4-17-16(19-11-15-6-5-9-22-15)18-10-13(2)20-7-8-21-12-14(20)3;/h13-15H,4-12H2,1-3H3,(H2,17,18,19);1H. The summed E-state index contributed by atoms with van der Waals surface area (Å²) >= 11 is 2.08. The van der Waals surface area contributed by atoms with Crippen LogP contribution in [0, 0.1) is 0 Å². The highest BCUT2D eigenvalue weighted by molar-refractivity contribution is 14.0. The third-order valence-corrected chi connectivity index (χ3v) is 5.76. The molecule has 2 aliphatic heterocycles. The predicted octanol–water partition coefficient (Wildman–Crippen LogP) is 2.16. The molecule has 136 valence electrons. The van der Waals surface area contributed by atoms with Gasteiger partial charge in [0.25, 0.3) is 0 Å². The molecule has 0 aromatic heterocycles. The van der Waals surface area contributed by atoms with Gasteiger partial charge in [-0.3, -0.25) is 9.89 Å². The van der Waals surface area contributed by atoms with Crippen LogP contribution in [-0.4, -0.2) is 73.3 Å². The van der Waals surface area contributed by atoms with Gasteiger partial charge in [-0.25, -0.2) is 0 Å². The Balaban J connectivity index is 0.00000264. The third-order valence-electron chi connectivity index (χ3n) is 4.36. The zero-order chi connectivity index (χ0) is 15.8. The fraction of sp³-hybridized carbons (Fsp3) is 0.938. The maximum absolute atomic E-state index is 5.52. The molecule has 2 heterocycles. The lowest BCUT2D eigenvalue weighted by Crippen LogP contribution is -2.49. The van der Waals surface area contributed by atoms with Crippen LogP contribution in [0.4, 0.5) is 0 Å². The van der Waals surface area contributed by atoms with E-state index in [0.29, 0.717) is 12.1 Å². The van der Waals surface area contributed by atoms with Crippen LogP contribution in [0.3, 0.4) is 0 Å². The lowest BCUT2D eigenvalue weighted by molar-refractivity contribution is -0.0165. The third kappa shape index (κ3) is 7.36. The predicted molar refractivity (Wildman–Crippen MR) is 111 cm³/mol. The van der Waals surface area contributed by atoms with E-state index in [2.05, 4.69) is 48.1 Å². The number of rotatable bonds is 6. The second-order valence-electron chi connectivity index (χ2n) is 6.25. The molecule has 0 spiro atoms. The Hall–Kier alpha value is 0.270. The summed E-state index contributed by atoms with van der Waals surface area (Å²) in [4.78, 5) is 7.29. The summed E-state index contributed by atoms with van der Waals surface area (Å²) in [7, 11) is 0. The largest absolute Gasteiger partial charge is 0.379 e. The zero-order valence-corrected chi connectivity index (χ0v) is 17.9. The number of hydrogen-bond donors (Lipinski definition) is 2. The molecule has 5 nitrogen and oxygen atoms in total. The van der Waals surface area contributed by atoms with Crippen molar-refractivity contribution < 1.29 is 4.74 Å². The van der Waals surface area contributed by atoms with Gasteiger partial charge in [0.05, 0.1) is 19.8 Å². The maximum atomic E-state index is 5.52. The van der Waals surface area contributed by atoms with Crippen LogP contribution in [-0.2, 0) is 4.74 Å². The van der Waals surface area contributed by atoms with E-state index in [-0.39, 0.29) is 24.0 Å². The number of nitrogens with zero attached hydrogens (tertiary/aromatic N) is 2. The normalized spacial score (nSPS) is 27.3. The van der Waals surface area contributed by atoms with Crippen molar-refractivity contribution in [1.82, 2.24) is 15.5 Å². The molecule has 0 saturated carbocycles. The average Bonchev–Trinajstić information content (AvgIpc) is 3.03. The van der Waals surface area contributed by atoms with Crippen LogP contribution in [0.1, 0.15) is 33.6 Å². The highest BCUT2D eigenvalue weighted by Gasteiger charge is 2.23. The van der Waals surface area contributed by atoms with Gasteiger partial charge >= 0.3 is 0 Å². The monoisotopic (exact) mass is 456 g/mol. The van der Waals surface area contributed by atoms with E-state index in [4.69, 9.17) is 9.73 Å². The molecule has 2 aliphatic rings. The Morgan fingerprint density at radius 1 is 1.43 bits per heavy atom. The first kappa shape index (κ1) is 21.3. The Morgan fingerprint density at radius 3 is 2.91 bits per heavy atom. The Kier molecular flexibility index (Phi) is 10.9. The van der Waals surface area contributed by atoms with Gasteiger partial charge < -0.3 is 15.4 Å². The second-order valence-corrected chi connectivity index (χ2v) is 7.65. The molecule has 0 radical (unpaired) electrons. The molecule has 7 heteroatoms. The lowest BCUT2D eigenvalue weighted by atomic mass is 10.2. The van der Waals surface area contributed by atoms with E-state index < -0.39 is 0 Å². The van der Waals surface area contributed by atoms with Crippen LogP contribution in [0.5, 0.6) is 0 Å². The minimum absolute atomic E-state index is 0. The first-order chi connectivity index (χ1) is 10.7. The molecule has 0 aromatic rings. The molecule has 0 aliphatic carbocycles. The average molecular weight is 456 g/mol. The summed E-state index contributed by atoms with van der Waals surface area (Å²) in [5.74, 6) is 2.27. The number of halogens is 1. The van der Waals surface area contributed by atoms with Gasteiger partial charge in [-0.15, -0.1) is 24.0 Å². The molecule has 0 bridgehead atoms. The molecule has 23 heavy (non-hydrogen) atoms. The first-order valence-corrected chi connectivity index (χ1v) is 9.72. The molecule has 2 fully saturated rings. The van der Waals surface area contributed by atoms with E-state index >= 15 is 0 Å². The van der Waals surface area contributed by atoms with Crippen molar-refractivity contribution in [3.8, 4) is 0 Å². The van der Waals surface area contributed by atoms with Crippen LogP contribution in [0.15, 0.2) is 4.99 Å². The van der Waals surface area contributed by atoms with Gasteiger partial charge in [0.1, 0.15) is 0 Å². The SMILES string of the molecule is CCNC(=NCC(C)N1CCOCC1C)NCC1CCCS1.I. The van der Waals surface area contributed by atoms with Crippen LogP contribution in [0.25, 0.3) is 0 Å². The second kappa shape index (κ2) is 11.8. The van der Waals surface area contributed by atoms with Crippen LogP contribution < -0.4 is 10.6 Å². The number of aliphatic imine (C=N–C) groups is 1. The van der Waals surface area contributed by atoms with Crippen LogP contribution >= 0.6 is 35.7 Å². The first-order valence-electron chi connectivity index (χ1n) is 8.68. The Bertz CT molecular complexity index is 353. The summed E-state index contributed by atoms with van der Waals surface area (Å²) in [6, 6.07) is 0.944. The van der Waals surface area contributed by atoms with E-state index in [1.165, 1.54) is 18.6 Å². The number of guanidine groups is 1. The van der Waals surface area contributed by atoms with Gasteiger partial charge in [0.15, 0.2) is 5.96 Å². The summed E-state index contributed by atoms with van der Waals surface area (Å²) in [5, 5.41) is 7.62. The maximum Gasteiger partial charge on any atom is 0.191 e. The molecule has 2 rings (SSSR count). The fourth-order valence-corrected chi connectivity index (χ4v) is 4.28. The fourth-order valence-electron chi connectivity index (χ4n) is 3.08. The van der Waals surface area contributed by atoms with Crippen molar-refractivity contribution in [2.75, 3.05) is 45.1 Å². The molecule has 2 N–H and O–H groups in total. The number of thioether (sulfide) groups is 1. The Morgan fingerprint density at radius 2 is 2.26 bits per heavy atom. The zero-order valence-electron chi connectivity index (χ0n) is 14.7. The van der Waals surface area contributed by atoms with Crippen molar-refractivity contribution >= 4 is 41.7 Å².